The molecule has 1 heterocycles. The number of nitroso groups, excluding NO2 is 1. The summed E-state index contributed by atoms with van der Waals surface area (Å²) in [5.41, 5.74) is 0.256. The molecule has 0 radical (unpaired) electrons. The summed E-state index contributed by atoms with van der Waals surface area (Å²) < 4.78 is 0. The number of para-hydroxylation sites is 1. The number of aldehydes is 1. The lowest BCUT2D eigenvalue weighted by atomic mass is 10.1. The summed E-state index contributed by atoms with van der Waals surface area (Å²) in [5, 5.41) is 15.2. The monoisotopic (exact) mass is 221 g/mol. The molecule has 1 unspecified atom stereocenters. The highest BCUT2D eigenvalue weighted by Gasteiger charge is 2.33. The van der Waals surface area contributed by atoms with Crippen LogP contribution in [0.2, 0.25) is 0 Å². The zero-order valence-electron chi connectivity index (χ0n) is 7.95. The van der Waals surface area contributed by atoms with Crippen LogP contribution >= 0.6 is 0 Å². The summed E-state index contributed by atoms with van der Waals surface area (Å²) in [7, 11) is 0. The molecule has 2 rings (SSSR count). The molecule has 0 spiro atoms. The summed E-state index contributed by atoms with van der Waals surface area (Å²) in [4.78, 5) is 32.4. The molecule has 0 saturated heterocycles. The molecule has 0 fully saturated rings. The highest BCUT2D eigenvalue weighted by Crippen LogP contribution is 2.37. The first kappa shape index (κ1) is 10.2. The third-order valence-corrected chi connectivity index (χ3v) is 2.27. The van der Waals surface area contributed by atoms with Gasteiger partial charge in [0.05, 0.1) is 11.4 Å². The normalized spacial score (nSPS) is 18.7. The average Bonchev–Trinajstić information content (AvgIpc) is 2.29. The molecule has 1 amide bonds. The minimum Gasteiger partial charge on any atom is -0.320 e. The Labute approximate surface area is 89.6 Å². The SMILES string of the molecule is O=CC1C(=O)Nc2c(N=O)cccc2N1O. The van der Waals surface area contributed by atoms with Crippen LogP contribution in [0, 0.1) is 4.91 Å². The van der Waals surface area contributed by atoms with Crippen molar-refractivity contribution in [3.63, 3.8) is 0 Å². The molecular weight excluding hydrogens is 214 g/mol. The predicted octanol–water partition coefficient (Wildman–Crippen LogP) is 0.800. The zero-order chi connectivity index (χ0) is 11.7. The minimum atomic E-state index is -1.31. The molecule has 7 nitrogen and oxygen atoms in total. The summed E-state index contributed by atoms with van der Waals surface area (Å²) in [5.74, 6) is -0.707. The number of carbonyl (C=O) groups excluding carboxylic acids is 2. The van der Waals surface area contributed by atoms with E-state index < -0.39 is 11.9 Å². The molecule has 1 atom stereocenters. The first-order valence-electron chi connectivity index (χ1n) is 4.39. The molecule has 1 aromatic carbocycles. The molecule has 0 aromatic heterocycles. The summed E-state index contributed by atoms with van der Waals surface area (Å²) >= 11 is 0. The fourth-order valence-electron chi connectivity index (χ4n) is 1.50. The number of hydrogen-bond acceptors (Lipinski definition) is 6. The summed E-state index contributed by atoms with van der Waals surface area (Å²) in [6.45, 7) is 0. The number of benzene rings is 1. The second-order valence-electron chi connectivity index (χ2n) is 3.18. The largest absolute Gasteiger partial charge is 0.320 e. The van der Waals surface area contributed by atoms with Gasteiger partial charge in [-0.05, 0) is 17.3 Å². The smallest absolute Gasteiger partial charge is 0.257 e. The first-order valence-corrected chi connectivity index (χ1v) is 4.39. The van der Waals surface area contributed by atoms with Crippen molar-refractivity contribution in [1.82, 2.24) is 0 Å². The Hall–Kier alpha value is -2.28. The number of nitrogens with one attached hydrogen (secondary N) is 1. The lowest BCUT2D eigenvalue weighted by Crippen LogP contribution is -2.47. The van der Waals surface area contributed by atoms with Gasteiger partial charge < -0.3 is 10.1 Å². The van der Waals surface area contributed by atoms with Gasteiger partial charge in [-0.2, -0.15) is 0 Å². The molecular formula is C9H7N3O4. The molecule has 16 heavy (non-hydrogen) atoms. The van der Waals surface area contributed by atoms with Gasteiger partial charge in [0.1, 0.15) is 5.69 Å². The second-order valence-corrected chi connectivity index (χ2v) is 3.18. The molecule has 0 bridgehead atoms. The Morgan fingerprint density at radius 1 is 1.50 bits per heavy atom. The van der Waals surface area contributed by atoms with Crippen LogP contribution in [0.5, 0.6) is 0 Å². The van der Waals surface area contributed by atoms with Crippen LogP contribution in [-0.2, 0) is 9.59 Å². The maximum absolute atomic E-state index is 11.4. The number of anilines is 2. The Morgan fingerprint density at radius 2 is 2.25 bits per heavy atom. The molecule has 2 N–H and O–H groups in total. The summed E-state index contributed by atoms with van der Waals surface area (Å²) in [6, 6.07) is 3.02. The van der Waals surface area contributed by atoms with Gasteiger partial charge in [-0.25, -0.2) is 5.06 Å². The molecule has 0 saturated carbocycles. The fourth-order valence-corrected chi connectivity index (χ4v) is 1.50. The van der Waals surface area contributed by atoms with Crippen molar-refractivity contribution < 1.29 is 14.8 Å². The van der Waals surface area contributed by atoms with Crippen LogP contribution in [-0.4, -0.2) is 23.4 Å². The lowest BCUT2D eigenvalue weighted by molar-refractivity contribution is -0.123. The molecule has 0 aliphatic carbocycles. The van der Waals surface area contributed by atoms with E-state index in [0.29, 0.717) is 11.3 Å². The van der Waals surface area contributed by atoms with Crippen molar-refractivity contribution in [2.45, 2.75) is 6.04 Å². The van der Waals surface area contributed by atoms with Crippen molar-refractivity contribution in [3.05, 3.63) is 23.1 Å². The van der Waals surface area contributed by atoms with Crippen LogP contribution in [0.15, 0.2) is 23.4 Å². The number of amides is 1. The molecule has 1 aromatic rings. The number of nitrogens with zero attached hydrogens (tertiary/aromatic N) is 2. The highest BCUT2D eigenvalue weighted by molar-refractivity contribution is 6.12. The van der Waals surface area contributed by atoms with Crippen molar-refractivity contribution in [1.29, 1.82) is 0 Å². The van der Waals surface area contributed by atoms with Gasteiger partial charge in [0.2, 0.25) is 0 Å². The number of carbonyl (C=O) groups is 2. The topological polar surface area (TPSA) is 99.1 Å². The standard InChI is InChI=1S/C9H7N3O4/c13-4-7-9(14)10-8-5(11-15)2-1-3-6(8)12(7)16/h1-4,7,16H,(H,10,14). The molecule has 1 aliphatic heterocycles. The van der Waals surface area contributed by atoms with Gasteiger partial charge >= 0.3 is 0 Å². The van der Waals surface area contributed by atoms with Crippen LogP contribution in [0.3, 0.4) is 0 Å². The van der Waals surface area contributed by atoms with E-state index >= 15 is 0 Å². The fraction of sp³-hybridized carbons (Fsp3) is 0.111. The van der Waals surface area contributed by atoms with E-state index in [1.807, 2.05) is 0 Å². The highest BCUT2D eigenvalue weighted by atomic mass is 16.5. The quantitative estimate of drug-likeness (QED) is 0.437. The van der Waals surface area contributed by atoms with Crippen LogP contribution in [0.4, 0.5) is 17.1 Å². The maximum Gasteiger partial charge on any atom is 0.257 e. The number of hydrogen-bond donors (Lipinski definition) is 2. The molecule has 7 heteroatoms. The van der Waals surface area contributed by atoms with Crippen LogP contribution in [0.25, 0.3) is 0 Å². The van der Waals surface area contributed by atoms with Gasteiger partial charge in [0, 0.05) is 0 Å². The van der Waals surface area contributed by atoms with Crippen molar-refractivity contribution in [3.8, 4) is 0 Å². The number of hydroxylamine groups is 1. The Morgan fingerprint density at radius 3 is 2.88 bits per heavy atom. The van der Waals surface area contributed by atoms with E-state index in [1.54, 1.807) is 0 Å². The van der Waals surface area contributed by atoms with E-state index in [-0.39, 0.29) is 17.1 Å². The Bertz CT molecular complexity index is 474. The lowest BCUT2D eigenvalue weighted by Gasteiger charge is -2.29. The van der Waals surface area contributed by atoms with E-state index in [2.05, 4.69) is 10.5 Å². The first-order chi connectivity index (χ1) is 7.69. The third-order valence-electron chi connectivity index (χ3n) is 2.27. The van der Waals surface area contributed by atoms with Gasteiger partial charge in [-0.1, -0.05) is 6.07 Å². The number of rotatable bonds is 2. The third kappa shape index (κ3) is 1.34. The van der Waals surface area contributed by atoms with E-state index in [9.17, 15) is 19.7 Å². The van der Waals surface area contributed by atoms with E-state index in [1.165, 1.54) is 18.2 Å². The van der Waals surface area contributed by atoms with Crippen LogP contribution < -0.4 is 10.4 Å². The van der Waals surface area contributed by atoms with Crippen molar-refractivity contribution >= 4 is 29.3 Å². The maximum atomic E-state index is 11.4. The minimum absolute atomic E-state index is 0.00533. The van der Waals surface area contributed by atoms with E-state index in [4.69, 9.17) is 0 Å². The second kappa shape index (κ2) is 3.70. The number of fused-ring (bicyclic) bond motifs is 1. The molecule has 1 aliphatic rings. The Kier molecular flexibility index (Phi) is 2.37. The Balaban J connectivity index is 2.57. The van der Waals surface area contributed by atoms with Gasteiger partial charge in [0.25, 0.3) is 5.91 Å². The van der Waals surface area contributed by atoms with Crippen LogP contribution in [0.1, 0.15) is 0 Å². The van der Waals surface area contributed by atoms with Gasteiger partial charge in [-0.3, -0.25) is 10.0 Å². The van der Waals surface area contributed by atoms with Gasteiger partial charge in [0.15, 0.2) is 12.3 Å². The summed E-state index contributed by atoms with van der Waals surface area (Å²) in [6.07, 6.45) is 0.305. The van der Waals surface area contributed by atoms with Crippen molar-refractivity contribution in [2.75, 3.05) is 10.4 Å². The van der Waals surface area contributed by atoms with E-state index in [0.717, 1.165) is 0 Å². The molecule has 82 valence electrons. The average molecular weight is 221 g/mol. The van der Waals surface area contributed by atoms with Gasteiger partial charge in [-0.15, -0.1) is 4.91 Å². The van der Waals surface area contributed by atoms with Crippen molar-refractivity contribution in [2.24, 2.45) is 5.18 Å². The zero-order valence-corrected chi connectivity index (χ0v) is 7.95. The predicted molar refractivity (Wildman–Crippen MR) is 54.6 cm³/mol.